The Balaban J connectivity index is 1.74. The normalized spacial score (nSPS) is 12.1. The molecule has 4 heteroatoms. The largest absolute Gasteiger partial charge is 0.467 e. The molecule has 1 amide bonds. The third kappa shape index (κ3) is 4.24. The Bertz CT molecular complexity index is 508. The number of aryl methyl sites for hydroxylation is 1. The minimum atomic E-state index is -0.245. The van der Waals surface area contributed by atoms with Crippen LogP contribution < -0.4 is 5.32 Å². The van der Waals surface area contributed by atoms with Crippen LogP contribution in [0.4, 0.5) is 0 Å². The number of hydrogen-bond acceptors (Lipinski definition) is 3. The summed E-state index contributed by atoms with van der Waals surface area (Å²) in [5.41, 5.74) is 1.16. The maximum absolute atomic E-state index is 11.8. The van der Waals surface area contributed by atoms with Gasteiger partial charge in [0.15, 0.2) is 0 Å². The minimum Gasteiger partial charge on any atom is -0.467 e. The van der Waals surface area contributed by atoms with E-state index in [0.717, 1.165) is 17.7 Å². The molecule has 2 aromatic rings. The van der Waals surface area contributed by atoms with E-state index in [2.05, 4.69) is 5.32 Å². The van der Waals surface area contributed by atoms with Crippen LogP contribution in [0.25, 0.3) is 0 Å². The lowest BCUT2D eigenvalue weighted by atomic mass is 10.1. The Morgan fingerprint density at radius 2 is 2.05 bits per heavy atom. The highest BCUT2D eigenvalue weighted by molar-refractivity contribution is 5.76. The van der Waals surface area contributed by atoms with Crippen molar-refractivity contribution in [2.24, 2.45) is 0 Å². The molecule has 0 fully saturated rings. The van der Waals surface area contributed by atoms with Gasteiger partial charge in [-0.1, -0.05) is 30.3 Å². The van der Waals surface area contributed by atoms with Crippen LogP contribution in [0.3, 0.4) is 0 Å². The third-order valence-electron chi connectivity index (χ3n) is 3.11. The van der Waals surface area contributed by atoms with Gasteiger partial charge in [0.25, 0.3) is 0 Å². The fraction of sp³-hybridized carbons (Fsp3) is 0.312. The molecule has 0 unspecified atom stereocenters. The van der Waals surface area contributed by atoms with E-state index in [9.17, 15) is 4.79 Å². The average molecular weight is 273 g/mol. The Labute approximate surface area is 118 Å². The summed E-state index contributed by atoms with van der Waals surface area (Å²) in [6.07, 6.45) is 2.56. The molecule has 106 valence electrons. The van der Waals surface area contributed by atoms with Crippen molar-refractivity contribution in [1.82, 2.24) is 5.32 Å². The Kier molecular flexibility index (Phi) is 5.38. The van der Waals surface area contributed by atoms with Crippen molar-refractivity contribution in [3.05, 3.63) is 60.1 Å². The number of amides is 1. The van der Waals surface area contributed by atoms with Crippen molar-refractivity contribution in [1.29, 1.82) is 0 Å². The SMILES string of the molecule is CO[C@H](CNC(=O)CCc1ccccc1)c1ccco1. The molecule has 0 aliphatic rings. The van der Waals surface area contributed by atoms with Gasteiger partial charge in [-0.05, 0) is 24.1 Å². The van der Waals surface area contributed by atoms with Crippen LogP contribution in [0, 0.1) is 0 Å². The maximum Gasteiger partial charge on any atom is 0.220 e. The van der Waals surface area contributed by atoms with Crippen molar-refractivity contribution in [2.45, 2.75) is 18.9 Å². The smallest absolute Gasteiger partial charge is 0.220 e. The highest BCUT2D eigenvalue weighted by atomic mass is 16.5. The summed E-state index contributed by atoms with van der Waals surface area (Å²) in [4.78, 5) is 11.8. The van der Waals surface area contributed by atoms with Gasteiger partial charge in [-0.2, -0.15) is 0 Å². The molecule has 0 spiro atoms. The van der Waals surface area contributed by atoms with Gasteiger partial charge in [0.2, 0.25) is 5.91 Å². The molecule has 1 N–H and O–H groups in total. The molecule has 0 saturated heterocycles. The predicted octanol–water partition coefficient (Wildman–Crippen LogP) is 2.72. The fourth-order valence-corrected chi connectivity index (χ4v) is 1.97. The molecule has 20 heavy (non-hydrogen) atoms. The lowest BCUT2D eigenvalue weighted by Crippen LogP contribution is -2.29. The molecule has 0 saturated carbocycles. The topological polar surface area (TPSA) is 51.5 Å². The first-order chi connectivity index (χ1) is 9.79. The molecule has 2 rings (SSSR count). The zero-order valence-electron chi connectivity index (χ0n) is 11.5. The van der Waals surface area contributed by atoms with Gasteiger partial charge in [-0.15, -0.1) is 0 Å². The molecule has 0 radical (unpaired) electrons. The number of nitrogens with one attached hydrogen (secondary N) is 1. The molecule has 0 bridgehead atoms. The van der Waals surface area contributed by atoms with Gasteiger partial charge in [0.1, 0.15) is 11.9 Å². The van der Waals surface area contributed by atoms with E-state index in [4.69, 9.17) is 9.15 Å². The lowest BCUT2D eigenvalue weighted by Gasteiger charge is -2.13. The van der Waals surface area contributed by atoms with Gasteiger partial charge >= 0.3 is 0 Å². The average Bonchev–Trinajstić information content (AvgIpc) is 3.01. The molecule has 1 heterocycles. The summed E-state index contributed by atoms with van der Waals surface area (Å²) in [6, 6.07) is 13.6. The molecule has 0 aliphatic heterocycles. The monoisotopic (exact) mass is 273 g/mol. The number of ether oxygens (including phenoxy) is 1. The van der Waals surface area contributed by atoms with Crippen molar-refractivity contribution in [2.75, 3.05) is 13.7 Å². The summed E-state index contributed by atoms with van der Waals surface area (Å²) in [6.45, 7) is 0.414. The highest BCUT2D eigenvalue weighted by Gasteiger charge is 2.14. The van der Waals surface area contributed by atoms with E-state index in [-0.39, 0.29) is 12.0 Å². The molecule has 4 nitrogen and oxygen atoms in total. The minimum absolute atomic E-state index is 0.0162. The predicted molar refractivity (Wildman–Crippen MR) is 76.2 cm³/mol. The van der Waals surface area contributed by atoms with Crippen LogP contribution >= 0.6 is 0 Å². The summed E-state index contributed by atoms with van der Waals surface area (Å²) in [7, 11) is 1.60. The second-order valence-electron chi connectivity index (χ2n) is 4.53. The number of carbonyl (C=O) groups is 1. The van der Waals surface area contributed by atoms with Gasteiger partial charge < -0.3 is 14.5 Å². The maximum atomic E-state index is 11.8. The number of rotatable bonds is 7. The standard InChI is InChI=1S/C16H19NO3/c1-19-15(14-8-5-11-20-14)12-17-16(18)10-9-13-6-3-2-4-7-13/h2-8,11,15H,9-10,12H2,1H3,(H,17,18)/t15-/m1/s1. The summed E-state index contributed by atoms with van der Waals surface area (Å²) in [5, 5.41) is 2.87. The second kappa shape index (κ2) is 7.50. The third-order valence-corrected chi connectivity index (χ3v) is 3.11. The second-order valence-corrected chi connectivity index (χ2v) is 4.53. The fourth-order valence-electron chi connectivity index (χ4n) is 1.97. The van der Waals surface area contributed by atoms with Gasteiger partial charge in [-0.25, -0.2) is 0 Å². The van der Waals surface area contributed by atoms with Crippen LogP contribution in [-0.2, 0) is 16.0 Å². The van der Waals surface area contributed by atoms with Gasteiger partial charge in [0, 0.05) is 13.5 Å². The number of methoxy groups -OCH3 is 1. The van der Waals surface area contributed by atoms with Crippen molar-refractivity contribution in [3.63, 3.8) is 0 Å². The summed E-state index contributed by atoms with van der Waals surface area (Å²) >= 11 is 0. The van der Waals surface area contributed by atoms with E-state index in [1.165, 1.54) is 0 Å². The number of hydrogen-bond donors (Lipinski definition) is 1. The van der Waals surface area contributed by atoms with Crippen LogP contribution in [0.2, 0.25) is 0 Å². The molecular formula is C16H19NO3. The first kappa shape index (κ1) is 14.3. The number of benzene rings is 1. The molecule has 1 aromatic carbocycles. The zero-order valence-corrected chi connectivity index (χ0v) is 11.5. The molecule has 0 aliphatic carbocycles. The van der Waals surface area contributed by atoms with Crippen molar-refractivity contribution >= 4 is 5.91 Å². The van der Waals surface area contributed by atoms with E-state index < -0.39 is 0 Å². The van der Waals surface area contributed by atoms with E-state index in [1.54, 1.807) is 19.4 Å². The van der Waals surface area contributed by atoms with E-state index in [0.29, 0.717) is 13.0 Å². The van der Waals surface area contributed by atoms with Gasteiger partial charge in [-0.3, -0.25) is 4.79 Å². The van der Waals surface area contributed by atoms with Crippen LogP contribution in [0.1, 0.15) is 23.8 Å². The van der Waals surface area contributed by atoms with Crippen molar-refractivity contribution < 1.29 is 13.9 Å². The number of furan rings is 1. The molecule has 1 atom stereocenters. The van der Waals surface area contributed by atoms with Gasteiger partial charge in [0.05, 0.1) is 12.8 Å². The molecular weight excluding hydrogens is 254 g/mol. The first-order valence-electron chi connectivity index (χ1n) is 6.66. The highest BCUT2D eigenvalue weighted by Crippen LogP contribution is 2.15. The Hall–Kier alpha value is -2.07. The summed E-state index contributed by atoms with van der Waals surface area (Å²) in [5.74, 6) is 0.735. The number of carbonyl (C=O) groups excluding carboxylic acids is 1. The van der Waals surface area contributed by atoms with Crippen LogP contribution in [0.15, 0.2) is 53.1 Å². The van der Waals surface area contributed by atoms with E-state index >= 15 is 0 Å². The lowest BCUT2D eigenvalue weighted by molar-refractivity contribution is -0.121. The summed E-state index contributed by atoms with van der Waals surface area (Å²) < 4.78 is 10.6. The van der Waals surface area contributed by atoms with Crippen molar-refractivity contribution in [3.8, 4) is 0 Å². The zero-order chi connectivity index (χ0) is 14.2. The Morgan fingerprint density at radius 3 is 2.70 bits per heavy atom. The quantitative estimate of drug-likeness (QED) is 0.844. The molecule has 1 aromatic heterocycles. The first-order valence-corrected chi connectivity index (χ1v) is 6.66. The Morgan fingerprint density at radius 1 is 1.25 bits per heavy atom. The van der Waals surface area contributed by atoms with Crippen LogP contribution in [-0.4, -0.2) is 19.6 Å². The van der Waals surface area contributed by atoms with E-state index in [1.807, 2.05) is 36.4 Å². The van der Waals surface area contributed by atoms with Crippen LogP contribution in [0.5, 0.6) is 0 Å².